The van der Waals surface area contributed by atoms with E-state index in [0.29, 0.717) is 6.54 Å². The van der Waals surface area contributed by atoms with E-state index in [1.165, 1.54) is 0 Å². The Labute approximate surface area is 97.0 Å². The van der Waals surface area contributed by atoms with Gasteiger partial charge in [-0.1, -0.05) is 28.1 Å². The number of aryl methyl sites for hydroxylation is 1. The van der Waals surface area contributed by atoms with E-state index in [-0.39, 0.29) is 0 Å². The molecule has 0 aliphatic carbocycles. The monoisotopic (exact) mass is 265 g/mol. The van der Waals surface area contributed by atoms with Crippen molar-refractivity contribution < 1.29 is 0 Å². The molecule has 78 valence electrons. The molecule has 4 heteroatoms. The Morgan fingerprint density at radius 1 is 1.47 bits per heavy atom. The van der Waals surface area contributed by atoms with Crippen LogP contribution in [0.25, 0.3) is 11.3 Å². The summed E-state index contributed by atoms with van der Waals surface area (Å²) < 4.78 is 2.84. The second kappa shape index (κ2) is 4.16. The zero-order valence-electron chi connectivity index (χ0n) is 8.44. The third-order valence-corrected chi connectivity index (χ3v) is 2.72. The van der Waals surface area contributed by atoms with Gasteiger partial charge in [0.05, 0.1) is 5.69 Å². The Balaban J connectivity index is 2.53. The highest BCUT2D eigenvalue weighted by Gasteiger charge is 2.08. The molecule has 0 unspecified atom stereocenters. The van der Waals surface area contributed by atoms with Crippen molar-refractivity contribution in [2.45, 2.75) is 6.54 Å². The molecule has 15 heavy (non-hydrogen) atoms. The average molecular weight is 266 g/mol. The zero-order valence-corrected chi connectivity index (χ0v) is 10.0. The summed E-state index contributed by atoms with van der Waals surface area (Å²) in [6, 6.07) is 8.07. The normalized spacial score (nSPS) is 10.6. The molecule has 0 saturated carbocycles. The van der Waals surface area contributed by atoms with E-state index in [4.69, 9.17) is 5.73 Å². The second-order valence-corrected chi connectivity index (χ2v) is 4.31. The molecule has 0 bridgehead atoms. The first-order valence-corrected chi connectivity index (χ1v) is 5.48. The fraction of sp³-hybridized carbons (Fsp3) is 0.182. The van der Waals surface area contributed by atoms with Crippen LogP contribution in [0.5, 0.6) is 0 Å². The first kappa shape index (κ1) is 10.4. The quantitative estimate of drug-likeness (QED) is 0.906. The van der Waals surface area contributed by atoms with Crippen LogP contribution in [0.4, 0.5) is 0 Å². The van der Waals surface area contributed by atoms with Gasteiger partial charge in [0.25, 0.3) is 0 Å². The minimum Gasteiger partial charge on any atom is -0.326 e. The number of aromatic nitrogens is 2. The third kappa shape index (κ3) is 2.11. The fourth-order valence-electron chi connectivity index (χ4n) is 1.57. The van der Waals surface area contributed by atoms with Gasteiger partial charge in [0.2, 0.25) is 0 Å². The van der Waals surface area contributed by atoms with Gasteiger partial charge in [-0.15, -0.1) is 0 Å². The molecule has 1 heterocycles. The standard InChI is InChI=1S/C11H12BrN3/c1-15-7-9(6-13)11(14-15)8-3-2-4-10(12)5-8/h2-5,7H,6,13H2,1H3. The molecule has 2 N–H and O–H groups in total. The average Bonchev–Trinajstić information content (AvgIpc) is 2.59. The van der Waals surface area contributed by atoms with Crippen molar-refractivity contribution in [3.05, 3.63) is 40.5 Å². The SMILES string of the molecule is Cn1cc(CN)c(-c2cccc(Br)c2)n1. The minimum atomic E-state index is 0.510. The molecular weight excluding hydrogens is 254 g/mol. The highest BCUT2D eigenvalue weighted by molar-refractivity contribution is 9.10. The topological polar surface area (TPSA) is 43.8 Å². The summed E-state index contributed by atoms with van der Waals surface area (Å²) in [5, 5.41) is 4.41. The molecule has 0 aliphatic heterocycles. The van der Waals surface area contributed by atoms with Crippen molar-refractivity contribution in [3.8, 4) is 11.3 Å². The van der Waals surface area contributed by atoms with Crippen molar-refractivity contribution in [3.63, 3.8) is 0 Å². The predicted molar refractivity (Wildman–Crippen MR) is 64.2 cm³/mol. The Morgan fingerprint density at radius 3 is 2.93 bits per heavy atom. The zero-order chi connectivity index (χ0) is 10.8. The van der Waals surface area contributed by atoms with Gasteiger partial charge >= 0.3 is 0 Å². The lowest BCUT2D eigenvalue weighted by atomic mass is 10.1. The molecule has 0 saturated heterocycles. The summed E-state index contributed by atoms with van der Waals surface area (Å²) in [6.45, 7) is 0.510. The molecule has 2 aromatic rings. The molecule has 0 fully saturated rings. The summed E-state index contributed by atoms with van der Waals surface area (Å²) in [5.74, 6) is 0. The summed E-state index contributed by atoms with van der Waals surface area (Å²) in [4.78, 5) is 0. The number of rotatable bonds is 2. The largest absolute Gasteiger partial charge is 0.326 e. The summed E-state index contributed by atoms with van der Waals surface area (Å²) in [6.07, 6.45) is 1.95. The number of benzene rings is 1. The molecule has 2 rings (SSSR count). The molecule has 0 spiro atoms. The van der Waals surface area contributed by atoms with E-state index in [0.717, 1.165) is 21.3 Å². The molecule has 0 atom stereocenters. The molecule has 0 radical (unpaired) electrons. The molecule has 1 aromatic carbocycles. The van der Waals surface area contributed by atoms with Crippen molar-refractivity contribution in [2.75, 3.05) is 0 Å². The number of nitrogens with zero attached hydrogens (tertiary/aromatic N) is 2. The summed E-state index contributed by atoms with van der Waals surface area (Å²) >= 11 is 3.45. The maximum Gasteiger partial charge on any atom is 0.0968 e. The Bertz CT molecular complexity index is 476. The van der Waals surface area contributed by atoms with Crippen LogP contribution in [-0.4, -0.2) is 9.78 Å². The first-order valence-electron chi connectivity index (χ1n) is 4.69. The predicted octanol–water partition coefficient (Wildman–Crippen LogP) is 2.31. The molecular formula is C11H12BrN3. The lowest BCUT2D eigenvalue weighted by Gasteiger charge is -2.00. The molecule has 1 aromatic heterocycles. The number of hydrogen-bond donors (Lipinski definition) is 1. The summed E-state index contributed by atoms with van der Waals surface area (Å²) in [7, 11) is 1.90. The van der Waals surface area contributed by atoms with Crippen molar-refractivity contribution in [1.29, 1.82) is 0 Å². The summed E-state index contributed by atoms with van der Waals surface area (Å²) in [5.41, 5.74) is 8.79. The van der Waals surface area contributed by atoms with E-state index in [1.807, 2.05) is 37.5 Å². The Kier molecular flexibility index (Phi) is 2.88. The highest BCUT2D eigenvalue weighted by atomic mass is 79.9. The highest BCUT2D eigenvalue weighted by Crippen LogP contribution is 2.24. The molecule has 0 aliphatic rings. The fourth-order valence-corrected chi connectivity index (χ4v) is 1.97. The van der Waals surface area contributed by atoms with Crippen LogP contribution in [0.15, 0.2) is 34.9 Å². The first-order chi connectivity index (χ1) is 7.20. The van der Waals surface area contributed by atoms with Crippen LogP contribution in [0, 0.1) is 0 Å². The Hall–Kier alpha value is -1.13. The number of halogens is 1. The third-order valence-electron chi connectivity index (χ3n) is 2.22. The second-order valence-electron chi connectivity index (χ2n) is 3.39. The van der Waals surface area contributed by atoms with Crippen LogP contribution in [0.1, 0.15) is 5.56 Å². The Morgan fingerprint density at radius 2 is 2.27 bits per heavy atom. The molecule has 3 nitrogen and oxygen atoms in total. The molecule has 0 amide bonds. The minimum absolute atomic E-state index is 0.510. The van der Waals surface area contributed by atoms with Crippen LogP contribution >= 0.6 is 15.9 Å². The van der Waals surface area contributed by atoms with E-state index in [9.17, 15) is 0 Å². The van der Waals surface area contributed by atoms with Gasteiger partial charge in [-0.05, 0) is 12.1 Å². The van der Waals surface area contributed by atoms with E-state index >= 15 is 0 Å². The van der Waals surface area contributed by atoms with Crippen molar-refractivity contribution in [1.82, 2.24) is 9.78 Å². The number of nitrogens with two attached hydrogens (primary N) is 1. The van der Waals surface area contributed by atoms with Crippen LogP contribution in [0.3, 0.4) is 0 Å². The lowest BCUT2D eigenvalue weighted by molar-refractivity contribution is 0.769. The van der Waals surface area contributed by atoms with Crippen LogP contribution in [0.2, 0.25) is 0 Å². The van der Waals surface area contributed by atoms with Gasteiger partial charge in [0.1, 0.15) is 0 Å². The lowest BCUT2D eigenvalue weighted by Crippen LogP contribution is -1.96. The maximum absolute atomic E-state index is 5.67. The maximum atomic E-state index is 5.67. The van der Waals surface area contributed by atoms with Gasteiger partial charge in [-0.2, -0.15) is 5.10 Å². The smallest absolute Gasteiger partial charge is 0.0968 e. The van der Waals surface area contributed by atoms with Crippen LogP contribution < -0.4 is 5.73 Å². The van der Waals surface area contributed by atoms with Gasteiger partial charge in [0.15, 0.2) is 0 Å². The van der Waals surface area contributed by atoms with E-state index in [2.05, 4.69) is 21.0 Å². The number of hydrogen-bond acceptors (Lipinski definition) is 2. The van der Waals surface area contributed by atoms with Gasteiger partial charge < -0.3 is 5.73 Å². The van der Waals surface area contributed by atoms with Gasteiger partial charge in [0, 0.05) is 35.4 Å². The van der Waals surface area contributed by atoms with Crippen molar-refractivity contribution >= 4 is 15.9 Å². The van der Waals surface area contributed by atoms with Crippen molar-refractivity contribution in [2.24, 2.45) is 12.8 Å². The van der Waals surface area contributed by atoms with Gasteiger partial charge in [-0.3, -0.25) is 4.68 Å². The van der Waals surface area contributed by atoms with E-state index in [1.54, 1.807) is 4.68 Å². The van der Waals surface area contributed by atoms with Gasteiger partial charge in [-0.25, -0.2) is 0 Å². The van der Waals surface area contributed by atoms with E-state index < -0.39 is 0 Å². The van der Waals surface area contributed by atoms with Crippen LogP contribution in [-0.2, 0) is 13.6 Å².